The summed E-state index contributed by atoms with van der Waals surface area (Å²) in [6, 6.07) is 12.0. The van der Waals surface area contributed by atoms with Gasteiger partial charge in [-0.2, -0.15) is 8.75 Å². The number of aromatic carboxylic acids is 2. The van der Waals surface area contributed by atoms with Gasteiger partial charge < -0.3 is 19.7 Å². The molecule has 0 spiro atoms. The summed E-state index contributed by atoms with van der Waals surface area (Å²) in [5, 5.41) is 18.7. The first-order chi connectivity index (χ1) is 16.8. The highest BCUT2D eigenvalue weighted by atomic mass is 32.1. The van der Waals surface area contributed by atoms with Crippen molar-refractivity contribution in [3.05, 3.63) is 70.8 Å². The average Bonchev–Trinajstić information content (AvgIpc) is 3.36. The molecule has 0 aliphatic rings. The Hall–Kier alpha value is -4.64. The molecular formula is C24H16N2O8S. The minimum Gasteiger partial charge on any atom is -0.478 e. The smallest absolute Gasteiger partial charge is 0.338 e. The molecule has 3 aromatic carbocycles. The molecule has 0 amide bonds. The van der Waals surface area contributed by atoms with Crippen LogP contribution in [0.2, 0.25) is 0 Å². The van der Waals surface area contributed by atoms with Gasteiger partial charge in [0.1, 0.15) is 11.0 Å². The predicted octanol–water partition coefficient (Wildman–Crippen LogP) is 3.99. The fraction of sp³-hybridized carbons (Fsp3) is 0.0833. The Morgan fingerprint density at radius 2 is 1.11 bits per heavy atom. The quantitative estimate of drug-likeness (QED) is 0.378. The molecule has 35 heavy (non-hydrogen) atoms. The van der Waals surface area contributed by atoms with E-state index in [1.807, 2.05) is 0 Å². The van der Waals surface area contributed by atoms with Crippen LogP contribution in [0.25, 0.3) is 33.3 Å². The minimum absolute atomic E-state index is 0.0209. The van der Waals surface area contributed by atoms with Crippen LogP contribution in [0.4, 0.5) is 0 Å². The van der Waals surface area contributed by atoms with Crippen molar-refractivity contribution < 1.29 is 38.9 Å². The van der Waals surface area contributed by atoms with Gasteiger partial charge in [0.2, 0.25) is 0 Å². The van der Waals surface area contributed by atoms with Crippen LogP contribution >= 0.6 is 11.7 Å². The summed E-state index contributed by atoms with van der Waals surface area (Å²) >= 11 is 0.940. The zero-order valence-electron chi connectivity index (χ0n) is 18.3. The summed E-state index contributed by atoms with van der Waals surface area (Å²) in [6.45, 7) is 0. The van der Waals surface area contributed by atoms with E-state index in [4.69, 9.17) is 9.47 Å². The first-order valence-corrected chi connectivity index (χ1v) is 10.7. The maximum absolute atomic E-state index is 12.3. The molecule has 1 aromatic heterocycles. The molecule has 0 aliphatic carbocycles. The van der Waals surface area contributed by atoms with Crippen molar-refractivity contribution in [2.24, 2.45) is 0 Å². The third kappa shape index (κ3) is 4.20. The number of carboxylic acids is 2. The number of carbonyl (C=O) groups is 4. The number of esters is 2. The van der Waals surface area contributed by atoms with Crippen molar-refractivity contribution in [1.82, 2.24) is 8.75 Å². The first kappa shape index (κ1) is 23.5. The molecule has 0 saturated carbocycles. The Morgan fingerprint density at radius 3 is 1.60 bits per heavy atom. The number of rotatable bonds is 6. The lowest BCUT2D eigenvalue weighted by Crippen LogP contribution is -2.11. The number of carboxylic acid groups (broad SMARTS) is 2. The number of ether oxygens (including phenoxy) is 2. The van der Waals surface area contributed by atoms with Gasteiger partial charge in [0.25, 0.3) is 0 Å². The SMILES string of the molecule is COC(=O)c1ccc(-c2ccc(-c3ccc(C(=O)O)c(C(=O)O)c3)c3nsnc23)cc1C(=O)OC. The van der Waals surface area contributed by atoms with Gasteiger partial charge in [-0.05, 0) is 35.4 Å². The average molecular weight is 492 g/mol. The third-order valence-electron chi connectivity index (χ3n) is 5.35. The minimum atomic E-state index is -1.37. The second-order valence-corrected chi connectivity index (χ2v) is 7.76. The molecule has 0 saturated heterocycles. The second kappa shape index (κ2) is 9.31. The summed E-state index contributed by atoms with van der Waals surface area (Å²) in [5.74, 6) is -4.11. The van der Waals surface area contributed by atoms with E-state index in [1.54, 1.807) is 18.2 Å². The van der Waals surface area contributed by atoms with Crippen LogP contribution in [-0.2, 0) is 9.47 Å². The molecule has 1 heterocycles. The summed E-state index contributed by atoms with van der Waals surface area (Å²) in [5.41, 5.74) is 2.51. The maximum atomic E-state index is 12.3. The number of benzene rings is 3. The van der Waals surface area contributed by atoms with Gasteiger partial charge in [-0.1, -0.05) is 24.3 Å². The third-order valence-corrected chi connectivity index (χ3v) is 5.88. The first-order valence-electron chi connectivity index (χ1n) is 9.94. The molecule has 2 N–H and O–H groups in total. The van der Waals surface area contributed by atoms with Crippen LogP contribution in [0.5, 0.6) is 0 Å². The van der Waals surface area contributed by atoms with Crippen LogP contribution in [0.15, 0.2) is 48.5 Å². The molecule has 10 nitrogen and oxygen atoms in total. The van der Waals surface area contributed by atoms with E-state index in [-0.39, 0.29) is 22.3 Å². The summed E-state index contributed by atoms with van der Waals surface area (Å²) in [7, 11) is 2.41. The highest BCUT2D eigenvalue weighted by molar-refractivity contribution is 7.00. The molecule has 4 rings (SSSR count). The molecule has 0 bridgehead atoms. The van der Waals surface area contributed by atoms with Crippen molar-refractivity contribution in [3.8, 4) is 22.3 Å². The molecule has 0 aliphatic heterocycles. The van der Waals surface area contributed by atoms with Crippen molar-refractivity contribution >= 4 is 46.6 Å². The molecule has 0 radical (unpaired) electrons. The highest BCUT2D eigenvalue weighted by Crippen LogP contribution is 2.36. The molecule has 4 aromatic rings. The Labute approximate surface area is 201 Å². The lowest BCUT2D eigenvalue weighted by molar-refractivity contribution is 0.0555. The van der Waals surface area contributed by atoms with Crippen LogP contribution in [0.1, 0.15) is 41.4 Å². The Bertz CT molecular complexity index is 1530. The fourth-order valence-electron chi connectivity index (χ4n) is 3.69. The van der Waals surface area contributed by atoms with Gasteiger partial charge in [-0.3, -0.25) is 0 Å². The Morgan fingerprint density at radius 1 is 0.657 bits per heavy atom. The molecule has 176 valence electrons. The van der Waals surface area contributed by atoms with E-state index in [0.29, 0.717) is 33.3 Å². The number of hydrogen-bond acceptors (Lipinski definition) is 9. The Balaban J connectivity index is 1.88. The number of fused-ring (bicyclic) bond motifs is 1. The van der Waals surface area contributed by atoms with Crippen LogP contribution < -0.4 is 0 Å². The molecule has 0 fully saturated rings. The van der Waals surface area contributed by atoms with Gasteiger partial charge in [0, 0.05) is 11.1 Å². The zero-order valence-corrected chi connectivity index (χ0v) is 19.1. The standard InChI is InChI=1S/C24H16N2O8S/c1-33-23(31)16-6-4-12(10-18(16)24(32)34-2)14-8-7-13(19-20(14)26-35-25-19)11-3-5-15(21(27)28)17(9-11)22(29)30/h3-10H,1-2H3,(H,27,28)(H,29,30). The van der Waals surface area contributed by atoms with Gasteiger partial charge in [0.15, 0.2) is 0 Å². The van der Waals surface area contributed by atoms with E-state index in [2.05, 4.69) is 8.75 Å². The molecule has 0 atom stereocenters. The number of hydrogen-bond donors (Lipinski definition) is 2. The fourth-order valence-corrected chi connectivity index (χ4v) is 4.26. The van der Waals surface area contributed by atoms with Gasteiger partial charge in [0.05, 0.1) is 48.2 Å². The van der Waals surface area contributed by atoms with E-state index in [1.165, 1.54) is 44.6 Å². The Kier molecular flexibility index (Phi) is 6.26. The normalized spacial score (nSPS) is 10.7. The van der Waals surface area contributed by atoms with E-state index >= 15 is 0 Å². The van der Waals surface area contributed by atoms with E-state index < -0.39 is 23.9 Å². The summed E-state index contributed by atoms with van der Waals surface area (Å²) in [6.07, 6.45) is 0. The van der Waals surface area contributed by atoms with E-state index in [0.717, 1.165) is 11.7 Å². The zero-order chi connectivity index (χ0) is 25.3. The van der Waals surface area contributed by atoms with Crippen LogP contribution in [-0.4, -0.2) is 57.1 Å². The van der Waals surface area contributed by atoms with E-state index in [9.17, 15) is 29.4 Å². The van der Waals surface area contributed by atoms with Crippen molar-refractivity contribution in [1.29, 1.82) is 0 Å². The highest BCUT2D eigenvalue weighted by Gasteiger charge is 2.22. The number of carbonyl (C=O) groups excluding carboxylic acids is 2. The summed E-state index contributed by atoms with van der Waals surface area (Å²) < 4.78 is 18.3. The van der Waals surface area contributed by atoms with Crippen LogP contribution in [0.3, 0.4) is 0 Å². The molecular weight excluding hydrogens is 476 g/mol. The summed E-state index contributed by atoms with van der Waals surface area (Å²) in [4.78, 5) is 47.4. The van der Waals surface area contributed by atoms with Crippen molar-refractivity contribution in [3.63, 3.8) is 0 Å². The number of methoxy groups -OCH3 is 2. The monoisotopic (exact) mass is 492 g/mol. The maximum Gasteiger partial charge on any atom is 0.338 e. The van der Waals surface area contributed by atoms with Crippen molar-refractivity contribution in [2.75, 3.05) is 14.2 Å². The van der Waals surface area contributed by atoms with Crippen LogP contribution in [0, 0.1) is 0 Å². The van der Waals surface area contributed by atoms with Gasteiger partial charge in [-0.25, -0.2) is 19.2 Å². The number of aromatic nitrogens is 2. The lowest BCUT2D eigenvalue weighted by atomic mass is 9.94. The van der Waals surface area contributed by atoms with Gasteiger partial charge in [-0.15, -0.1) is 0 Å². The molecule has 11 heteroatoms. The lowest BCUT2D eigenvalue weighted by Gasteiger charge is -2.11. The number of nitrogens with zero attached hydrogens (tertiary/aromatic N) is 2. The molecule has 0 unspecified atom stereocenters. The predicted molar refractivity (Wildman–Crippen MR) is 125 cm³/mol. The van der Waals surface area contributed by atoms with Gasteiger partial charge >= 0.3 is 23.9 Å². The second-order valence-electron chi connectivity index (χ2n) is 7.24. The van der Waals surface area contributed by atoms with Crippen molar-refractivity contribution in [2.45, 2.75) is 0 Å². The topological polar surface area (TPSA) is 153 Å². The largest absolute Gasteiger partial charge is 0.478 e.